The van der Waals surface area contributed by atoms with Crippen LogP contribution in [-0.2, 0) is 0 Å². The lowest BCUT2D eigenvalue weighted by Crippen LogP contribution is -2.03. The van der Waals surface area contributed by atoms with Crippen molar-refractivity contribution < 1.29 is 4.74 Å². The first kappa shape index (κ1) is 11.0. The normalized spacial score (nSPS) is 10.8. The van der Waals surface area contributed by atoms with Crippen molar-refractivity contribution >= 4 is 11.6 Å². The molecule has 0 bridgehead atoms. The third-order valence-electron chi connectivity index (χ3n) is 2.08. The van der Waals surface area contributed by atoms with E-state index < -0.39 is 0 Å². The molecule has 0 aromatic carbocycles. The van der Waals surface area contributed by atoms with Crippen LogP contribution in [-0.4, -0.2) is 14.5 Å². The molecule has 2 heterocycles. The number of hydrogen-bond acceptors (Lipinski definition) is 3. The molecule has 2 aromatic rings. The fourth-order valence-corrected chi connectivity index (χ4v) is 1.70. The summed E-state index contributed by atoms with van der Waals surface area (Å²) in [4.78, 5) is 8.08. The second kappa shape index (κ2) is 4.53. The summed E-state index contributed by atoms with van der Waals surface area (Å²) in [6.07, 6.45) is 4.90. The molecule has 0 saturated carbocycles. The molecule has 0 amide bonds. The minimum absolute atomic E-state index is 0.196. The SMILES string of the molecule is CC(C)n1c(Cl)cnc1Oc1cccnc1. The number of hydrogen-bond donors (Lipinski definition) is 0. The zero-order valence-corrected chi connectivity index (χ0v) is 9.85. The van der Waals surface area contributed by atoms with Crippen LogP contribution in [0.1, 0.15) is 19.9 Å². The van der Waals surface area contributed by atoms with Crippen LogP contribution >= 0.6 is 11.6 Å². The first-order chi connectivity index (χ1) is 7.68. The third-order valence-corrected chi connectivity index (χ3v) is 2.36. The molecule has 84 valence electrons. The second-order valence-corrected chi connectivity index (χ2v) is 4.01. The van der Waals surface area contributed by atoms with E-state index in [1.165, 1.54) is 0 Å². The Bertz CT molecular complexity index is 467. The van der Waals surface area contributed by atoms with Gasteiger partial charge in [0.05, 0.1) is 12.4 Å². The first-order valence-corrected chi connectivity index (χ1v) is 5.37. The Kier molecular flexibility index (Phi) is 3.10. The van der Waals surface area contributed by atoms with E-state index in [1.54, 1.807) is 24.7 Å². The Morgan fingerprint density at radius 2 is 2.19 bits per heavy atom. The van der Waals surface area contributed by atoms with Crippen LogP contribution < -0.4 is 4.74 Å². The van der Waals surface area contributed by atoms with Gasteiger partial charge in [0.25, 0.3) is 0 Å². The number of nitrogens with zero attached hydrogens (tertiary/aromatic N) is 3. The second-order valence-electron chi connectivity index (χ2n) is 3.62. The van der Waals surface area contributed by atoms with Crippen LogP contribution in [0.25, 0.3) is 0 Å². The first-order valence-electron chi connectivity index (χ1n) is 4.99. The monoisotopic (exact) mass is 237 g/mol. The van der Waals surface area contributed by atoms with Gasteiger partial charge in [0.15, 0.2) is 0 Å². The van der Waals surface area contributed by atoms with Gasteiger partial charge in [-0.15, -0.1) is 0 Å². The van der Waals surface area contributed by atoms with Crippen LogP contribution in [0, 0.1) is 0 Å². The van der Waals surface area contributed by atoms with Crippen molar-refractivity contribution in [3.8, 4) is 11.8 Å². The molecular formula is C11H12ClN3O. The van der Waals surface area contributed by atoms with E-state index in [-0.39, 0.29) is 6.04 Å². The van der Waals surface area contributed by atoms with E-state index in [0.29, 0.717) is 16.9 Å². The number of halogens is 1. The van der Waals surface area contributed by atoms with Gasteiger partial charge in [-0.2, -0.15) is 0 Å². The molecule has 0 aliphatic heterocycles. The molecule has 2 rings (SSSR count). The van der Waals surface area contributed by atoms with E-state index in [9.17, 15) is 0 Å². The minimum Gasteiger partial charge on any atom is -0.424 e. The predicted octanol–water partition coefficient (Wildman–Crippen LogP) is 3.30. The molecule has 2 aromatic heterocycles. The Morgan fingerprint density at radius 3 is 2.81 bits per heavy atom. The van der Waals surface area contributed by atoms with Gasteiger partial charge in [0, 0.05) is 12.2 Å². The van der Waals surface area contributed by atoms with E-state index >= 15 is 0 Å². The number of aromatic nitrogens is 3. The standard InChI is InChI=1S/C11H12ClN3O/c1-8(2)15-10(12)7-14-11(15)16-9-4-3-5-13-6-9/h3-8H,1-2H3. The fraction of sp³-hybridized carbons (Fsp3) is 0.273. The summed E-state index contributed by atoms with van der Waals surface area (Å²) >= 11 is 6.01. The maximum absolute atomic E-state index is 6.01. The quantitative estimate of drug-likeness (QED) is 0.822. The molecule has 16 heavy (non-hydrogen) atoms. The van der Waals surface area contributed by atoms with E-state index in [1.807, 2.05) is 24.5 Å². The molecule has 0 aliphatic rings. The summed E-state index contributed by atoms with van der Waals surface area (Å²) in [6, 6.07) is 4.30. The van der Waals surface area contributed by atoms with Crippen molar-refractivity contribution in [1.82, 2.24) is 14.5 Å². The summed E-state index contributed by atoms with van der Waals surface area (Å²) in [7, 11) is 0. The Labute approximate surface area is 98.9 Å². The third kappa shape index (κ3) is 2.17. The summed E-state index contributed by atoms with van der Waals surface area (Å²) in [5.74, 6) is 0.645. The van der Waals surface area contributed by atoms with Gasteiger partial charge in [-0.25, -0.2) is 4.98 Å². The molecule has 0 N–H and O–H groups in total. The molecule has 4 nitrogen and oxygen atoms in total. The highest BCUT2D eigenvalue weighted by Crippen LogP contribution is 2.26. The van der Waals surface area contributed by atoms with Gasteiger partial charge < -0.3 is 4.74 Å². The summed E-state index contributed by atoms with van der Waals surface area (Å²) < 4.78 is 7.41. The smallest absolute Gasteiger partial charge is 0.303 e. The number of pyridine rings is 1. The van der Waals surface area contributed by atoms with Gasteiger partial charge >= 0.3 is 6.01 Å². The van der Waals surface area contributed by atoms with Gasteiger partial charge in [0.2, 0.25) is 0 Å². The molecular weight excluding hydrogens is 226 g/mol. The van der Waals surface area contributed by atoms with Gasteiger partial charge in [-0.1, -0.05) is 11.6 Å². The average Bonchev–Trinajstić information content (AvgIpc) is 2.61. The van der Waals surface area contributed by atoms with Crippen LogP contribution in [0.3, 0.4) is 0 Å². The van der Waals surface area contributed by atoms with Crippen molar-refractivity contribution in [1.29, 1.82) is 0 Å². The van der Waals surface area contributed by atoms with E-state index in [0.717, 1.165) is 0 Å². The van der Waals surface area contributed by atoms with Gasteiger partial charge in [-0.3, -0.25) is 9.55 Å². The molecule has 0 radical (unpaired) electrons. The molecule has 0 atom stereocenters. The van der Waals surface area contributed by atoms with Gasteiger partial charge in [-0.05, 0) is 26.0 Å². The Morgan fingerprint density at radius 1 is 1.38 bits per heavy atom. The Hall–Kier alpha value is -1.55. The van der Waals surface area contributed by atoms with Crippen molar-refractivity contribution in [3.05, 3.63) is 35.9 Å². The minimum atomic E-state index is 0.196. The maximum atomic E-state index is 6.01. The van der Waals surface area contributed by atoms with Crippen molar-refractivity contribution in [2.75, 3.05) is 0 Å². The molecule has 5 heteroatoms. The lowest BCUT2D eigenvalue weighted by molar-refractivity contribution is 0.394. The van der Waals surface area contributed by atoms with Crippen molar-refractivity contribution in [2.24, 2.45) is 0 Å². The summed E-state index contributed by atoms with van der Waals surface area (Å²) in [5.41, 5.74) is 0. The largest absolute Gasteiger partial charge is 0.424 e. The summed E-state index contributed by atoms with van der Waals surface area (Å²) in [6.45, 7) is 4.04. The van der Waals surface area contributed by atoms with Gasteiger partial charge in [0.1, 0.15) is 10.9 Å². The number of rotatable bonds is 3. The van der Waals surface area contributed by atoms with Crippen molar-refractivity contribution in [2.45, 2.75) is 19.9 Å². The van der Waals surface area contributed by atoms with Crippen LogP contribution in [0.15, 0.2) is 30.7 Å². The number of ether oxygens (including phenoxy) is 1. The zero-order chi connectivity index (χ0) is 11.5. The maximum Gasteiger partial charge on any atom is 0.303 e. The molecule has 0 spiro atoms. The fourth-order valence-electron chi connectivity index (χ4n) is 1.38. The highest BCUT2D eigenvalue weighted by atomic mass is 35.5. The lowest BCUT2D eigenvalue weighted by atomic mass is 10.4. The van der Waals surface area contributed by atoms with Crippen LogP contribution in [0.2, 0.25) is 5.15 Å². The zero-order valence-electron chi connectivity index (χ0n) is 9.09. The average molecular weight is 238 g/mol. The predicted molar refractivity (Wildman–Crippen MR) is 61.9 cm³/mol. The lowest BCUT2D eigenvalue weighted by Gasteiger charge is -2.12. The van der Waals surface area contributed by atoms with E-state index in [2.05, 4.69) is 9.97 Å². The Balaban J connectivity index is 2.29. The van der Waals surface area contributed by atoms with Crippen LogP contribution in [0.5, 0.6) is 11.8 Å². The molecule has 0 saturated heterocycles. The topological polar surface area (TPSA) is 39.9 Å². The molecule has 0 fully saturated rings. The molecule has 0 aliphatic carbocycles. The highest BCUT2D eigenvalue weighted by Gasteiger charge is 2.13. The highest BCUT2D eigenvalue weighted by molar-refractivity contribution is 6.29. The van der Waals surface area contributed by atoms with E-state index in [4.69, 9.17) is 16.3 Å². The molecule has 0 unspecified atom stereocenters. The van der Waals surface area contributed by atoms with Crippen LogP contribution in [0.4, 0.5) is 0 Å². The van der Waals surface area contributed by atoms with Crippen molar-refractivity contribution in [3.63, 3.8) is 0 Å². The summed E-state index contributed by atoms with van der Waals surface area (Å²) in [5, 5.41) is 0.564. The number of imidazole rings is 1.